The zero-order valence-electron chi connectivity index (χ0n) is 11.0. The molecule has 0 saturated carbocycles. The van der Waals surface area contributed by atoms with Gasteiger partial charge >= 0.3 is 0 Å². The number of nitrogens with one attached hydrogen (secondary N) is 1. The number of hydrogen-bond donors (Lipinski definition) is 1. The topological polar surface area (TPSA) is 70.0 Å². The molecule has 0 heterocycles. The van der Waals surface area contributed by atoms with Crippen molar-refractivity contribution in [1.29, 1.82) is 5.26 Å². The summed E-state index contributed by atoms with van der Waals surface area (Å²) in [6, 6.07) is 15.4. The molecule has 0 unspecified atom stereocenters. The Balaban J connectivity index is 1.92. The van der Waals surface area contributed by atoms with Gasteiger partial charge < -0.3 is 5.32 Å². The van der Waals surface area contributed by atoms with E-state index >= 15 is 0 Å². The molecule has 0 radical (unpaired) electrons. The van der Waals surface area contributed by atoms with Crippen LogP contribution >= 0.6 is 0 Å². The van der Waals surface area contributed by atoms with Gasteiger partial charge in [-0.25, -0.2) is 0 Å². The van der Waals surface area contributed by atoms with E-state index in [0.717, 1.165) is 0 Å². The first kappa shape index (κ1) is 12.8. The summed E-state index contributed by atoms with van der Waals surface area (Å²) in [6.07, 6.45) is 1.31. The molecule has 0 aliphatic heterocycles. The van der Waals surface area contributed by atoms with Crippen LogP contribution in [-0.2, 0) is 0 Å². The van der Waals surface area contributed by atoms with E-state index in [0.29, 0.717) is 22.4 Å². The lowest BCUT2D eigenvalue weighted by Crippen LogP contribution is -2.21. The highest BCUT2D eigenvalue weighted by Crippen LogP contribution is 2.22. The molecule has 1 aliphatic carbocycles. The third-order valence-electron chi connectivity index (χ3n) is 3.25. The monoisotopic (exact) mass is 274 g/mol. The van der Waals surface area contributed by atoms with Crippen LogP contribution in [0, 0.1) is 11.3 Å². The minimum Gasteiger partial charge on any atom is -0.352 e. The van der Waals surface area contributed by atoms with E-state index in [4.69, 9.17) is 5.26 Å². The van der Waals surface area contributed by atoms with Gasteiger partial charge in [-0.1, -0.05) is 24.3 Å². The van der Waals surface area contributed by atoms with Crippen molar-refractivity contribution in [2.45, 2.75) is 0 Å². The van der Waals surface area contributed by atoms with Crippen LogP contribution < -0.4 is 5.32 Å². The molecule has 2 aromatic carbocycles. The molecular formula is C17H10N2O2. The summed E-state index contributed by atoms with van der Waals surface area (Å²) < 4.78 is 0. The van der Waals surface area contributed by atoms with Crippen molar-refractivity contribution in [1.82, 2.24) is 0 Å². The fourth-order valence-electron chi connectivity index (χ4n) is 2.19. The summed E-state index contributed by atoms with van der Waals surface area (Å²) in [5.41, 5.74) is 2.25. The predicted molar refractivity (Wildman–Crippen MR) is 78.0 cm³/mol. The van der Waals surface area contributed by atoms with E-state index in [1.807, 2.05) is 6.07 Å². The lowest BCUT2D eigenvalue weighted by Gasteiger charge is -2.16. The van der Waals surface area contributed by atoms with Crippen LogP contribution in [-0.4, -0.2) is 11.6 Å². The Labute approximate surface area is 121 Å². The number of nitriles is 1. The van der Waals surface area contributed by atoms with Crippen molar-refractivity contribution in [2.24, 2.45) is 0 Å². The number of benzene rings is 2. The van der Waals surface area contributed by atoms with Crippen LogP contribution in [0.15, 0.2) is 60.3 Å². The molecule has 1 N–H and O–H groups in total. The number of carbonyl (C=O) groups excluding carboxylic acids is 2. The van der Waals surface area contributed by atoms with Crippen molar-refractivity contribution in [3.63, 3.8) is 0 Å². The van der Waals surface area contributed by atoms with E-state index < -0.39 is 0 Å². The zero-order valence-corrected chi connectivity index (χ0v) is 11.0. The second-order valence-electron chi connectivity index (χ2n) is 4.61. The van der Waals surface area contributed by atoms with Crippen LogP contribution in [0.3, 0.4) is 0 Å². The Kier molecular flexibility index (Phi) is 3.09. The van der Waals surface area contributed by atoms with E-state index in [-0.39, 0.29) is 17.3 Å². The number of carbonyl (C=O) groups is 2. The van der Waals surface area contributed by atoms with Gasteiger partial charge in [0.1, 0.15) is 0 Å². The lowest BCUT2D eigenvalue weighted by atomic mass is 9.92. The average molecular weight is 274 g/mol. The average Bonchev–Trinajstić information content (AvgIpc) is 2.53. The minimum atomic E-state index is -0.213. The first-order chi connectivity index (χ1) is 10.2. The maximum atomic E-state index is 12.4. The van der Waals surface area contributed by atoms with Crippen molar-refractivity contribution >= 4 is 17.3 Å². The molecule has 2 aromatic rings. The third kappa shape index (κ3) is 2.33. The number of Topliss-reactive ketones (excluding diaryl/α,β-unsaturated/α-hetero) is 1. The number of rotatable bonds is 2. The van der Waals surface area contributed by atoms with Gasteiger partial charge in [-0.05, 0) is 24.3 Å². The molecule has 4 nitrogen and oxygen atoms in total. The summed E-state index contributed by atoms with van der Waals surface area (Å²) in [4.78, 5) is 24.4. The van der Waals surface area contributed by atoms with Crippen LogP contribution in [0.2, 0.25) is 0 Å². The van der Waals surface area contributed by atoms with Gasteiger partial charge in [-0.15, -0.1) is 0 Å². The van der Waals surface area contributed by atoms with E-state index in [1.165, 1.54) is 6.08 Å². The highest BCUT2D eigenvalue weighted by atomic mass is 16.1. The van der Waals surface area contributed by atoms with Crippen LogP contribution in [0.4, 0.5) is 5.69 Å². The minimum absolute atomic E-state index is 0.193. The second-order valence-corrected chi connectivity index (χ2v) is 4.61. The van der Waals surface area contributed by atoms with Gasteiger partial charge in [0.2, 0.25) is 5.78 Å². The largest absolute Gasteiger partial charge is 0.352 e. The number of anilines is 1. The van der Waals surface area contributed by atoms with Crippen molar-refractivity contribution in [2.75, 3.05) is 5.32 Å². The fourth-order valence-corrected chi connectivity index (χ4v) is 2.19. The molecule has 0 bridgehead atoms. The number of fused-ring (bicyclic) bond motifs is 1. The third-order valence-corrected chi connectivity index (χ3v) is 3.25. The van der Waals surface area contributed by atoms with E-state index in [9.17, 15) is 9.59 Å². The van der Waals surface area contributed by atoms with Crippen molar-refractivity contribution < 1.29 is 9.59 Å². The predicted octanol–water partition coefficient (Wildman–Crippen LogP) is 2.93. The van der Waals surface area contributed by atoms with Gasteiger partial charge in [-0.3, -0.25) is 9.59 Å². The molecule has 0 fully saturated rings. The molecular weight excluding hydrogens is 264 g/mol. The molecule has 21 heavy (non-hydrogen) atoms. The maximum Gasteiger partial charge on any atom is 0.210 e. The molecule has 0 atom stereocenters. The van der Waals surface area contributed by atoms with Crippen LogP contribution in [0.5, 0.6) is 0 Å². The van der Waals surface area contributed by atoms with Gasteiger partial charge in [0.25, 0.3) is 0 Å². The van der Waals surface area contributed by atoms with Crippen molar-refractivity contribution in [3.8, 4) is 6.07 Å². The second kappa shape index (κ2) is 5.06. The molecule has 0 saturated heterocycles. The van der Waals surface area contributed by atoms with Gasteiger partial charge in [-0.2, -0.15) is 5.26 Å². The fraction of sp³-hybridized carbons (Fsp3) is 0. The standard InChI is InChI=1S/C17H10N2O2/c18-10-11-5-7-12(8-6-11)19-15-9-16(20)13-3-1-2-4-14(13)17(15)21/h1-9,19H. The summed E-state index contributed by atoms with van der Waals surface area (Å²) in [5, 5.41) is 11.7. The van der Waals surface area contributed by atoms with Crippen LogP contribution in [0.1, 0.15) is 26.3 Å². The van der Waals surface area contributed by atoms with Gasteiger partial charge in [0, 0.05) is 22.9 Å². The highest BCUT2D eigenvalue weighted by molar-refractivity contribution is 6.25. The number of ketones is 2. The summed E-state index contributed by atoms with van der Waals surface area (Å²) in [7, 11) is 0. The molecule has 1 aliphatic rings. The number of hydrogen-bond acceptors (Lipinski definition) is 4. The van der Waals surface area contributed by atoms with Gasteiger partial charge in [0.05, 0.1) is 17.3 Å². The molecule has 0 aromatic heterocycles. The van der Waals surface area contributed by atoms with Crippen molar-refractivity contribution in [3.05, 3.63) is 77.0 Å². The van der Waals surface area contributed by atoms with Gasteiger partial charge in [0.15, 0.2) is 5.78 Å². The Hall–Kier alpha value is -3.19. The Morgan fingerprint density at radius 3 is 2.24 bits per heavy atom. The Bertz CT molecular complexity index is 811. The summed E-state index contributed by atoms with van der Waals surface area (Å²) >= 11 is 0. The Morgan fingerprint density at radius 2 is 1.57 bits per heavy atom. The maximum absolute atomic E-state index is 12.4. The lowest BCUT2D eigenvalue weighted by molar-refractivity contribution is 0.0985. The smallest absolute Gasteiger partial charge is 0.210 e. The quantitative estimate of drug-likeness (QED) is 0.914. The SMILES string of the molecule is N#Cc1ccc(NC2=CC(=O)c3ccccc3C2=O)cc1. The normalized spacial score (nSPS) is 13.2. The van der Waals surface area contributed by atoms with Crippen LogP contribution in [0.25, 0.3) is 0 Å². The molecule has 4 heteroatoms. The molecule has 0 spiro atoms. The first-order valence-electron chi connectivity index (χ1n) is 6.36. The summed E-state index contributed by atoms with van der Waals surface area (Å²) in [6.45, 7) is 0. The number of allylic oxidation sites excluding steroid dienone is 2. The zero-order chi connectivity index (χ0) is 14.8. The summed E-state index contributed by atoms with van der Waals surface area (Å²) in [5.74, 6) is -0.407. The number of nitrogens with zero attached hydrogens (tertiary/aromatic N) is 1. The highest BCUT2D eigenvalue weighted by Gasteiger charge is 2.24. The molecule has 0 amide bonds. The molecule has 3 rings (SSSR count). The van der Waals surface area contributed by atoms with E-state index in [1.54, 1.807) is 48.5 Å². The van der Waals surface area contributed by atoms with E-state index in [2.05, 4.69) is 5.32 Å². The Morgan fingerprint density at radius 1 is 0.905 bits per heavy atom. The molecule has 100 valence electrons. The first-order valence-corrected chi connectivity index (χ1v) is 6.36.